The molecular formula is C18H20F2N2O3. The van der Waals surface area contributed by atoms with Crippen molar-refractivity contribution in [2.75, 3.05) is 7.05 Å². The van der Waals surface area contributed by atoms with Gasteiger partial charge in [-0.2, -0.15) is 8.78 Å². The van der Waals surface area contributed by atoms with Gasteiger partial charge >= 0.3 is 12.6 Å². The van der Waals surface area contributed by atoms with Gasteiger partial charge in [-0.15, -0.1) is 0 Å². The van der Waals surface area contributed by atoms with Gasteiger partial charge in [0.1, 0.15) is 5.75 Å². The standard InChI is InChI=1S/C18H20F2N2O3/c1-18(2)8-12-14(13(23)9-18)15(21-17(24)22(12)3)10-4-6-11(7-5-10)25-16(19)20/h4-7,15-16H,8-9H2,1-3H3,(H,21,24)/t15-/m1/s1. The molecule has 0 bridgehead atoms. The summed E-state index contributed by atoms with van der Waals surface area (Å²) in [6, 6.07) is 5.12. The minimum absolute atomic E-state index is 0.00370. The number of benzene rings is 1. The molecule has 134 valence electrons. The zero-order chi connectivity index (χ0) is 18.4. The maximum Gasteiger partial charge on any atom is 0.387 e. The summed E-state index contributed by atoms with van der Waals surface area (Å²) in [6.45, 7) is 1.10. The molecule has 0 unspecified atom stereocenters. The van der Waals surface area contributed by atoms with Gasteiger partial charge in [0.25, 0.3) is 0 Å². The Kier molecular flexibility index (Phi) is 4.26. The van der Waals surface area contributed by atoms with E-state index in [1.54, 1.807) is 19.2 Å². The molecule has 7 heteroatoms. The van der Waals surface area contributed by atoms with Gasteiger partial charge in [0.05, 0.1) is 6.04 Å². The SMILES string of the molecule is CN1C(=O)N[C@H](c2ccc(OC(F)F)cc2)C2=C1CC(C)(C)CC2=O. The lowest BCUT2D eigenvalue weighted by Crippen LogP contribution is -2.49. The van der Waals surface area contributed by atoms with E-state index >= 15 is 0 Å². The maximum atomic E-state index is 12.7. The van der Waals surface area contributed by atoms with Gasteiger partial charge in [-0.3, -0.25) is 4.79 Å². The van der Waals surface area contributed by atoms with Crippen molar-refractivity contribution in [1.29, 1.82) is 0 Å². The highest BCUT2D eigenvalue weighted by Gasteiger charge is 2.42. The van der Waals surface area contributed by atoms with E-state index in [9.17, 15) is 18.4 Å². The van der Waals surface area contributed by atoms with Gasteiger partial charge in [0, 0.05) is 24.7 Å². The lowest BCUT2D eigenvalue weighted by molar-refractivity contribution is -0.118. The van der Waals surface area contributed by atoms with Crippen molar-refractivity contribution < 1.29 is 23.1 Å². The second kappa shape index (κ2) is 6.13. The Morgan fingerprint density at radius 3 is 2.44 bits per heavy atom. The number of urea groups is 1. The van der Waals surface area contributed by atoms with Crippen LogP contribution in [-0.4, -0.2) is 30.4 Å². The van der Waals surface area contributed by atoms with Crippen LogP contribution in [0.4, 0.5) is 13.6 Å². The van der Waals surface area contributed by atoms with Crippen LogP contribution in [0.1, 0.15) is 38.3 Å². The Labute approximate surface area is 144 Å². The molecule has 2 amide bonds. The van der Waals surface area contributed by atoms with Crippen molar-refractivity contribution >= 4 is 11.8 Å². The summed E-state index contributed by atoms with van der Waals surface area (Å²) in [7, 11) is 1.65. The Bertz CT molecular complexity index is 741. The van der Waals surface area contributed by atoms with Crippen molar-refractivity contribution in [3.8, 4) is 5.75 Å². The lowest BCUT2D eigenvalue weighted by Gasteiger charge is -2.42. The Hall–Kier alpha value is -2.44. The summed E-state index contributed by atoms with van der Waals surface area (Å²) in [4.78, 5) is 26.5. The van der Waals surface area contributed by atoms with E-state index < -0.39 is 12.7 Å². The third-order valence-corrected chi connectivity index (χ3v) is 4.60. The van der Waals surface area contributed by atoms with Crippen molar-refractivity contribution in [1.82, 2.24) is 10.2 Å². The largest absolute Gasteiger partial charge is 0.435 e. The molecule has 0 radical (unpaired) electrons. The van der Waals surface area contributed by atoms with E-state index in [4.69, 9.17) is 0 Å². The Morgan fingerprint density at radius 2 is 1.84 bits per heavy atom. The molecule has 1 aromatic carbocycles. The number of hydrogen-bond acceptors (Lipinski definition) is 3. The number of Topliss-reactive ketones (excluding diaryl/α,β-unsaturated/α-hetero) is 1. The molecule has 0 fully saturated rings. The van der Waals surface area contributed by atoms with E-state index in [1.807, 2.05) is 13.8 Å². The van der Waals surface area contributed by atoms with Crippen molar-refractivity contribution in [3.05, 3.63) is 41.1 Å². The molecule has 5 nitrogen and oxygen atoms in total. The summed E-state index contributed by atoms with van der Waals surface area (Å²) in [5.41, 5.74) is 1.75. The molecular weight excluding hydrogens is 330 g/mol. The summed E-state index contributed by atoms with van der Waals surface area (Å²) in [6.07, 6.45) is 1.03. The zero-order valence-electron chi connectivity index (χ0n) is 14.3. The average Bonchev–Trinajstić information content (AvgIpc) is 2.50. The zero-order valence-corrected chi connectivity index (χ0v) is 14.3. The predicted octanol–water partition coefficient (Wildman–Crippen LogP) is 3.63. The number of alkyl halides is 2. The van der Waals surface area contributed by atoms with Crippen LogP contribution in [0.3, 0.4) is 0 Å². The topological polar surface area (TPSA) is 58.6 Å². The Balaban J connectivity index is 1.99. The fraction of sp³-hybridized carbons (Fsp3) is 0.444. The molecule has 3 rings (SSSR count). The number of allylic oxidation sites excluding steroid dienone is 1. The normalized spacial score (nSPS) is 22.8. The van der Waals surface area contributed by atoms with Gasteiger partial charge in [-0.05, 0) is 29.5 Å². The molecule has 1 heterocycles. The minimum Gasteiger partial charge on any atom is -0.435 e. The van der Waals surface area contributed by atoms with Crippen LogP contribution in [0.2, 0.25) is 0 Å². The van der Waals surface area contributed by atoms with Crippen molar-refractivity contribution in [2.24, 2.45) is 5.41 Å². The number of nitrogens with one attached hydrogen (secondary N) is 1. The van der Waals surface area contributed by atoms with Gasteiger partial charge in [-0.25, -0.2) is 4.79 Å². The first-order valence-electron chi connectivity index (χ1n) is 8.03. The summed E-state index contributed by atoms with van der Waals surface area (Å²) < 4.78 is 28.9. The number of ketones is 1. The number of halogens is 2. The summed E-state index contributed by atoms with van der Waals surface area (Å²) in [5.74, 6) is 0.0271. The number of carbonyl (C=O) groups is 2. The molecule has 2 aliphatic rings. The molecule has 0 aromatic heterocycles. The molecule has 1 aliphatic carbocycles. The highest BCUT2D eigenvalue weighted by Crippen LogP contribution is 2.43. The van der Waals surface area contributed by atoms with Crippen LogP contribution in [0.5, 0.6) is 5.75 Å². The summed E-state index contributed by atoms with van der Waals surface area (Å²) in [5, 5.41) is 2.82. The molecule has 1 aliphatic heterocycles. The molecule has 0 spiro atoms. The molecule has 1 atom stereocenters. The van der Waals surface area contributed by atoms with Crippen LogP contribution >= 0.6 is 0 Å². The lowest BCUT2D eigenvalue weighted by atomic mass is 9.72. The molecule has 25 heavy (non-hydrogen) atoms. The van der Waals surface area contributed by atoms with Crippen LogP contribution in [0.15, 0.2) is 35.5 Å². The monoisotopic (exact) mass is 350 g/mol. The van der Waals surface area contributed by atoms with E-state index in [1.165, 1.54) is 17.0 Å². The van der Waals surface area contributed by atoms with Crippen LogP contribution in [0, 0.1) is 5.41 Å². The number of nitrogens with zero attached hydrogens (tertiary/aromatic N) is 1. The van der Waals surface area contributed by atoms with E-state index in [2.05, 4.69) is 10.1 Å². The van der Waals surface area contributed by atoms with Crippen molar-refractivity contribution in [2.45, 2.75) is 39.3 Å². The smallest absolute Gasteiger partial charge is 0.387 e. The van der Waals surface area contributed by atoms with Crippen LogP contribution < -0.4 is 10.1 Å². The van der Waals surface area contributed by atoms with E-state index in [-0.39, 0.29) is 23.0 Å². The van der Waals surface area contributed by atoms with Gasteiger partial charge in [-0.1, -0.05) is 26.0 Å². The Morgan fingerprint density at radius 1 is 1.20 bits per heavy atom. The van der Waals surface area contributed by atoms with E-state index in [0.717, 1.165) is 5.70 Å². The summed E-state index contributed by atoms with van der Waals surface area (Å²) >= 11 is 0. The number of hydrogen-bond donors (Lipinski definition) is 1. The number of rotatable bonds is 3. The molecule has 1 aromatic rings. The molecule has 0 saturated carbocycles. The molecule has 0 saturated heterocycles. The fourth-order valence-electron chi connectivity index (χ4n) is 3.44. The first kappa shape index (κ1) is 17.4. The van der Waals surface area contributed by atoms with Crippen LogP contribution in [0.25, 0.3) is 0 Å². The third kappa shape index (κ3) is 3.36. The fourth-order valence-corrected chi connectivity index (χ4v) is 3.44. The second-order valence-corrected chi connectivity index (χ2v) is 7.19. The minimum atomic E-state index is -2.90. The van der Waals surface area contributed by atoms with E-state index in [0.29, 0.717) is 24.0 Å². The van der Waals surface area contributed by atoms with Crippen LogP contribution in [-0.2, 0) is 4.79 Å². The molecule has 1 N–H and O–H groups in total. The number of ether oxygens (including phenoxy) is 1. The van der Waals surface area contributed by atoms with Gasteiger partial charge in [0.15, 0.2) is 5.78 Å². The highest BCUT2D eigenvalue weighted by molar-refractivity contribution is 6.01. The average molecular weight is 350 g/mol. The number of carbonyl (C=O) groups excluding carboxylic acids is 2. The first-order chi connectivity index (χ1) is 11.7. The second-order valence-electron chi connectivity index (χ2n) is 7.19. The predicted molar refractivity (Wildman–Crippen MR) is 87.2 cm³/mol. The first-order valence-corrected chi connectivity index (χ1v) is 8.03. The maximum absolute atomic E-state index is 12.7. The quantitative estimate of drug-likeness (QED) is 0.906. The number of amides is 2. The van der Waals surface area contributed by atoms with Crippen molar-refractivity contribution in [3.63, 3.8) is 0 Å². The van der Waals surface area contributed by atoms with Gasteiger partial charge in [0.2, 0.25) is 0 Å². The highest BCUT2D eigenvalue weighted by atomic mass is 19.3. The third-order valence-electron chi connectivity index (χ3n) is 4.60. The van der Waals surface area contributed by atoms with Gasteiger partial charge < -0.3 is 15.0 Å².